The Morgan fingerprint density at radius 3 is 2.93 bits per heavy atom. The van der Waals surface area contributed by atoms with Crippen LogP contribution in [0.5, 0.6) is 0 Å². The van der Waals surface area contributed by atoms with Gasteiger partial charge in [-0.1, -0.05) is 24.4 Å². The molecular formula is C19H23N5O3S. The fourth-order valence-electron chi connectivity index (χ4n) is 2.56. The number of rotatable bonds is 9. The minimum absolute atomic E-state index is 0.00316. The molecule has 0 radical (unpaired) electrons. The zero-order valence-corrected chi connectivity index (χ0v) is 16.7. The number of thioether (sulfide) groups is 1. The third-order valence-corrected chi connectivity index (χ3v) is 5.13. The lowest BCUT2D eigenvalue weighted by molar-refractivity contribution is -0.137. The first kappa shape index (κ1) is 21.3. The minimum Gasteiger partial charge on any atom is -0.457 e. The van der Waals surface area contributed by atoms with Crippen LogP contribution in [0.25, 0.3) is 0 Å². The summed E-state index contributed by atoms with van der Waals surface area (Å²) in [4.78, 5) is 30.5. The maximum atomic E-state index is 12.7. The maximum Gasteiger partial charge on any atom is 0.351 e. The molecule has 1 atom stereocenters. The number of esters is 1. The normalized spacial score (nSPS) is 17.7. The monoisotopic (exact) mass is 401 g/mol. The van der Waals surface area contributed by atoms with Crippen molar-refractivity contribution in [2.45, 2.75) is 19.1 Å². The lowest BCUT2D eigenvalue weighted by Crippen LogP contribution is -2.32. The van der Waals surface area contributed by atoms with E-state index in [2.05, 4.69) is 22.2 Å². The number of hydrogen-bond acceptors (Lipinski definition) is 8. The fraction of sp³-hybridized carbons (Fsp3) is 0.368. The van der Waals surface area contributed by atoms with Gasteiger partial charge >= 0.3 is 5.97 Å². The number of carbonyl (C=O) groups excluding carboxylic acids is 2. The van der Waals surface area contributed by atoms with Gasteiger partial charge in [0.05, 0.1) is 0 Å². The topological polar surface area (TPSA) is 107 Å². The summed E-state index contributed by atoms with van der Waals surface area (Å²) >= 11 is 1.19. The third-order valence-electron chi connectivity index (χ3n) is 3.83. The smallest absolute Gasteiger partial charge is 0.351 e. The van der Waals surface area contributed by atoms with Gasteiger partial charge in [-0.3, -0.25) is 4.79 Å². The highest BCUT2D eigenvalue weighted by atomic mass is 32.2. The molecule has 0 aliphatic carbocycles. The van der Waals surface area contributed by atoms with Crippen LogP contribution in [0.4, 0.5) is 11.5 Å². The van der Waals surface area contributed by atoms with Crippen LogP contribution in [0.3, 0.4) is 0 Å². The number of ether oxygens (including phenoxy) is 1. The summed E-state index contributed by atoms with van der Waals surface area (Å²) in [6.07, 6.45) is 3.10. The van der Waals surface area contributed by atoms with Gasteiger partial charge < -0.3 is 20.3 Å². The average Bonchev–Trinajstić information content (AvgIpc) is 3.01. The molecule has 1 fully saturated rings. The Hall–Kier alpha value is -2.99. The van der Waals surface area contributed by atoms with Gasteiger partial charge in [0, 0.05) is 37.6 Å². The van der Waals surface area contributed by atoms with Crippen molar-refractivity contribution in [3.63, 3.8) is 0 Å². The highest BCUT2D eigenvalue weighted by Gasteiger charge is 2.39. The molecule has 1 aromatic rings. The van der Waals surface area contributed by atoms with Crippen LogP contribution in [0.2, 0.25) is 0 Å². The Balaban J connectivity index is 2.15. The van der Waals surface area contributed by atoms with Crippen LogP contribution in [0, 0.1) is 11.3 Å². The Morgan fingerprint density at radius 2 is 2.29 bits per heavy atom. The molecule has 2 N–H and O–H groups in total. The van der Waals surface area contributed by atoms with Crippen LogP contribution < -0.4 is 10.6 Å². The zero-order valence-electron chi connectivity index (χ0n) is 15.9. The summed E-state index contributed by atoms with van der Waals surface area (Å²) in [7, 11) is 0. The Labute approximate surface area is 168 Å². The van der Waals surface area contributed by atoms with Crippen molar-refractivity contribution in [2.24, 2.45) is 0 Å². The number of nitrogens with zero attached hydrogens (tertiary/aromatic N) is 3. The molecule has 148 valence electrons. The first-order valence-corrected chi connectivity index (χ1v) is 9.77. The summed E-state index contributed by atoms with van der Waals surface area (Å²) in [5.41, 5.74) is 0.661. The highest BCUT2D eigenvalue weighted by molar-refractivity contribution is 8.04. The van der Waals surface area contributed by atoms with Crippen LogP contribution in [0.1, 0.15) is 13.8 Å². The lowest BCUT2D eigenvalue weighted by atomic mass is 10.3. The van der Waals surface area contributed by atoms with Gasteiger partial charge in [-0.15, -0.1) is 0 Å². The number of carbonyl (C=O) groups is 2. The van der Waals surface area contributed by atoms with Gasteiger partial charge in [0.2, 0.25) is 5.91 Å². The van der Waals surface area contributed by atoms with E-state index >= 15 is 0 Å². The molecule has 8 nitrogen and oxygen atoms in total. The van der Waals surface area contributed by atoms with E-state index in [1.165, 1.54) is 22.7 Å². The second-order valence-electron chi connectivity index (χ2n) is 5.71. The van der Waals surface area contributed by atoms with E-state index in [9.17, 15) is 14.9 Å². The SMILES string of the molecule is C=CCOC(=O)/C(C#N)=C1\SC(CNc2ccnc(NCC)c2)C(=O)N1CC. The van der Waals surface area contributed by atoms with Gasteiger partial charge in [0.25, 0.3) is 0 Å². The molecule has 2 heterocycles. The minimum atomic E-state index is -0.755. The van der Waals surface area contributed by atoms with Crippen molar-refractivity contribution < 1.29 is 14.3 Å². The highest BCUT2D eigenvalue weighted by Crippen LogP contribution is 2.37. The van der Waals surface area contributed by atoms with Crippen molar-refractivity contribution in [3.05, 3.63) is 41.6 Å². The van der Waals surface area contributed by atoms with Crippen molar-refractivity contribution in [3.8, 4) is 6.07 Å². The van der Waals surface area contributed by atoms with E-state index in [4.69, 9.17) is 4.74 Å². The predicted octanol–water partition coefficient (Wildman–Crippen LogP) is 2.35. The van der Waals surface area contributed by atoms with Crippen molar-refractivity contribution in [1.82, 2.24) is 9.88 Å². The second kappa shape index (κ2) is 10.4. The van der Waals surface area contributed by atoms with Crippen LogP contribution in [0.15, 0.2) is 41.6 Å². The second-order valence-corrected chi connectivity index (χ2v) is 6.90. The molecule has 1 aromatic heterocycles. The molecule has 28 heavy (non-hydrogen) atoms. The van der Waals surface area contributed by atoms with Gasteiger partial charge in [-0.25, -0.2) is 9.78 Å². The molecule has 0 saturated carbocycles. The third kappa shape index (κ3) is 5.04. The van der Waals surface area contributed by atoms with Crippen molar-refractivity contribution in [2.75, 3.05) is 36.9 Å². The maximum absolute atomic E-state index is 12.7. The summed E-state index contributed by atoms with van der Waals surface area (Å²) in [5, 5.41) is 15.6. The standard InChI is InChI=1S/C19H23N5O3S/c1-4-9-27-19(26)14(11-20)18-24(6-3)17(25)15(28-18)12-23-13-7-8-22-16(10-13)21-5-2/h4,7-8,10,15H,1,5-6,9,12H2,2-3H3,(H2,21,22,23)/b18-14-. The first-order chi connectivity index (χ1) is 13.5. The number of nitrogens with one attached hydrogen (secondary N) is 2. The number of nitriles is 1. The van der Waals surface area contributed by atoms with Crippen molar-refractivity contribution >= 4 is 35.1 Å². The summed E-state index contributed by atoms with van der Waals surface area (Å²) in [6, 6.07) is 5.54. The number of anilines is 2. The molecular weight excluding hydrogens is 378 g/mol. The van der Waals surface area contributed by atoms with E-state index in [-0.39, 0.29) is 18.1 Å². The van der Waals surface area contributed by atoms with E-state index in [0.717, 1.165) is 18.1 Å². The van der Waals surface area contributed by atoms with E-state index in [1.807, 2.05) is 25.1 Å². The molecule has 1 amide bonds. The number of hydrogen-bond donors (Lipinski definition) is 2. The van der Waals surface area contributed by atoms with E-state index in [1.54, 1.807) is 13.1 Å². The van der Waals surface area contributed by atoms with Crippen LogP contribution in [-0.4, -0.2) is 53.3 Å². The molecule has 0 bridgehead atoms. The predicted molar refractivity (Wildman–Crippen MR) is 109 cm³/mol. The lowest BCUT2D eigenvalue weighted by Gasteiger charge is -2.15. The molecule has 0 aromatic carbocycles. The molecule has 0 spiro atoms. The summed E-state index contributed by atoms with van der Waals surface area (Å²) in [6.45, 7) is 8.72. The largest absolute Gasteiger partial charge is 0.457 e. The molecule has 2 rings (SSSR count). The summed E-state index contributed by atoms with van der Waals surface area (Å²) < 4.78 is 4.97. The Bertz CT molecular complexity index is 818. The average molecular weight is 401 g/mol. The molecule has 1 unspecified atom stereocenters. The molecule has 1 aliphatic rings. The molecule has 1 saturated heterocycles. The van der Waals surface area contributed by atoms with Crippen molar-refractivity contribution in [1.29, 1.82) is 5.26 Å². The number of amides is 1. The van der Waals surface area contributed by atoms with Crippen LogP contribution in [-0.2, 0) is 14.3 Å². The Kier molecular flexibility index (Phi) is 7.89. The molecule has 9 heteroatoms. The first-order valence-electron chi connectivity index (χ1n) is 8.89. The van der Waals surface area contributed by atoms with E-state index in [0.29, 0.717) is 18.1 Å². The zero-order chi connectivity index (χ0) is 20.5. The van der Waals surface area contributed by atoms with Gasteiger partial charge in [-0.05, 0) is 19.9 Å². The van der Waals surface area contributed by atoms with Gasteiger partial charge in [-0.2, -0.15) is 5.26 Å². The van der Waals surface area contributed by atoms with Crippen LogP contribution >= 0.6 is 11.8 Å². The molecule has 1 aliphatic heterocycles. The van der Waals surface area contributed by atoms with E-state index < -0.39 is 11.2 Å². The van der Waals surface area contributed by atoms with Gasteiger partial charge in [0.15, 0.2) is 5.57 Å². The summed E-state index contributed by atoms with van der Waals surface area (Å²) in [5.74, 6) is -0.167. The fourth-order valence-corrected chi connectivity index (χ4v) is 3.82. The quantitative estimate of drug-likeness (QED) is 0.281. The van der Waals surface area contributed by atoms with Gasteiger partial charge in [0.1, 0.15) is 28.8 Å². The Morgan fingerprint density at radius 1 is 1.50 bits per heavy atom. The number of pyridine rings is 1. The number of aromatic nitrogens is 1.